The summed E-state index contributed by atoms with van der Waals surface area (Å²) in [6, 6.07) is 8.32. The molecule has 148 valence electrons. The Morgan fingerprint density at radius 3 is 2.07 bits per heavy atom. The summed E-state index contributed by atoms with van der Waals surface area (Å²) in [7, 11) is 4.29. The van der Waals surface area contributed by atoms with Crippen LogP contribution < -0.4 is 30.4 Å². The molecule has 2 amide bonds. The Labute approximate surface area is 165 Å². The van der Waals surface area contributed by atoms with Gasteiger partial charge in [0.15, 0.2) is 16.6 Å². The Morgan fingerprint density at radius 1 is 0.929 bits per heavy atom. The van der Waals surface area contributed by atoms with E-state index < -0.39 is 17.6 Å². The number of amides is 2. The van der Waals surface area contributed by atoms with Gasteiger partial charge >= 0.3 is 0 Å². The lowest BCUT2D eigenvalue weighted by Gasteiger charge is -2.15. The highest BCUT2D eigenvalue weighted by molar-refractivity contribution is 7.80. The van der Waals surface area contributed by atoms with Gasteiger partial charge in [-0.15, -0.1) is 0 Å². The lowest BCUT2D eigenvalue weighted by Crippen LogP contribution is -2.48. The van der Waals surface area contributed by atoms with Crippen LogP contribution in [0.4, 0.5) is 4.39 Å². The van der Waals surface area contributed by atoms with Crippen LogP contribution in [0.2, 0.25) is 0 Å². The number of hydrogen-bond acceptors (Lipinski definition) is 6. The minimum atomic E-state index is -0.752. The van der Waals surface area contributed by atoms with Crippen molar-refractivity contribution >= 4 is 29.1 Å². The average molecular weight is 407 g/mol. The molecule has 0 fully saturated rings. The second-order valence-corrected chi connectivity index (χ2v) is 5.66. The van der Waals surface area contributed by atoms with Crippen molar-refractivity contribution in [2.45, 2.75) is 0 Å². The molecular weight excluding hydrogens is 389 g/mol. The maximum absolute atomic E-state index is 13.6. The SMILES string of the molecule is COc1cc(C(=O)NNC(=S)NC(=O)c2ccccc2F)cc(OC)c1OC. The molecule has 0 atom stereocenters. The number of carbonyl (C=O) groups is 2. The molecule has 0 aliphatic carbocycles. The fourth-order valence-corrected chi connectivity index (χ4v) is 2.39. The van der Waals surface area contributed by atoms with E-state index in [0.29, 0.717) is 17.2 Å². The monoisotopic (exact) mass is 407 g/mol. The molecule has 10 heteroatoms. The normalized spacial score (nSPS) is 9.86. The zero-order valence-corrected chi connectivity index (χ0v) is 16.1. The van der Waals surface area contributed by atoms with Gasteiger partial charge in [0.05, 0.1) is 26.9 Å². The molecule has 8 nitrogen and oxygen atoms in total. The van der Waals surface area contributed by atoms with Crippen molar-refractivity contribution in [3.8, 4) is 17.2 Å². The van der Waals surface area contributed by atoms with Gasteiger partial charge in [-0.1, -0.05) is 12.1 Å². The predicted molar refractivity (Wildman–Crippen MR) is 103 cm³/mol. The zero-order chi connectivity index (χ0) is 20.7. The van der Waals surface area contributed by atoms with Crippen molar-refractivity contribution in [3.63, 3.8) is 0 Å². The minimum Gasteiger partial charge on any atom is -0.493 e. The highest BCUT2D eigenvalue weighted by atomic mass is 32.1. The van der Waals surface area contributed by atoms with E-state index in [9.17, 15) is 14.0 Å². The smallest absolute Gasteiger partial charge is 0.269 e. The Balaban J connectivity index is 2.03. The molecule has 0 aliphatic rings. The summed E-state index contributed by atoms with van der Waals surface area (Å²) in [4.78, 5) is 24.3. The largest absolute Gasteiger partial charge is 0.493 e. The number of hydrogen-bond donors (Lipinski definition) is 3. The van der Waals surface area contributed by atoms with Crippen LogP contribution in [0.15, 0.2) is 36.4 Å². The van der Waals surface area contributed by atoms with Gasteiger partial charge in [-0.05, 0) is 36.5 Å². The first-order valence-corrected chi connectivity index (χ1v) is 8.28. The Hall–Kier alpha value is -3.40. The first-order valence-electron chi connectivity index (χ1n) is 7.87. The molecule has 0 aromatic heterocycles. The third-order valence-electron chi connectivity index (χ3n) is 3.56. The number of thiocarbonyl (C=S) groups is 1. The molecule has 28 heavy (non-hydrogen) atoms. The van der Waals surface area contributed by atoms with E-state index in [0.717, 1.165) is 6.07 Å². The van der Waals surface area contributed by atoms with Crippen LogP contribution in [0.5, 0.6) is 17.2 Å². The van der Waals surface area contributed by atoms with E-state index in [2.05, 4.69) is 16.2 Å². The molecule has 0 radical (unpaired) electrons. The van der Waals surface area contributed by atoms with Crippen LogP contribution in [0.1, 0.15) is 20.7 Å². The average Bonchev–Trinajstić information content (AvgIpc) is 2.70. The summed E-state index contributed by atoms with van der Waals surface area (Å²) in [5, 5.41) is 2.05. The molecule has 3 N–H and O–H groups in total. The molecule has 2 aromatic carbocycles. The van der Waals surface area contributed by atoms with E-state index in [1.165, 1.54) is 51.7 Å². The molecular formula is C18H18FN3O5S. The standard InChI is InChI=1S/C18H18FN3O5S/c1-25-13-8-10(9-14(26-2)15(13)27-3)16(23)21-22-18(28)20-17(24)11-6-4-5-7-12(11)19/h4-9H,1-3H3,(H,21,23)(H2,20,22,24,28). The van der Waals surface area contributed by atoms with Crippen molar-refractivity contribution in [1.82, 2.24) is 16.2 Å². The lowest BCUT2D eigenvalue weighted by atomic mass is 10.1. The number of ether oxygens (including phenoxy) is 3. The predicted octanol–water partition coefficient (Wildman–Crippen LogP) is 1.80. The van der Waals surface area contributed by atoms with Crippen molar-refractivity contribution in [2.75, 3.05) is 21.3 Å². The molecule has 0 heterocycles. The molecule has 0 saturated carbocycles. The van der Waals surface area contributed by atoms with Crippen molar-refractivity contribution in [3.05, 3.63) is 53.3 Å². The van der Waals surface area contributed by atoms with Crippen molar-refractivity contribution in [2.24, 2.45) is 0 Å². The van der Waals surface area contributed by atoms with Gasteiger partial charge in [-0.3, -0.25) is 25.8 Å². The van der Waals surface area contributed by atoms with Gasteiger partial charge in [0.1, 0.15) is 5.82 Å². The van der Waals surface area contributed by atoms with E-state index in [-0.39, 0.29) is 16.2 Å². The highest BCUT2D eigenvalue weighted by Gasteiger charge is 2.17. The van der Waals surface area contributed by atoms with Gasteiger partial charge in [0, 0.05) is 5.56 Å². The van der Waals surface area contributed by atoms with Gasteiger partial charge in [0.25, 0.3) is 11.8 Å². The van der Waals surface area contributed by atoms with Crippen molar-refractivity contribution < 1.29 is 28.2 Å². The maximum Gasteiger partial charge on any atom is 0.269 e. The van der Waals surface area contributed by atoms with E-state index in [1.807, 2.05) is 0 Å². The molecule has 0 bridgehead atoms. The zero-order valence-electron chi connectivity index (χ0n) is 15.3. The first-order chi connectivity index (χ1) is 13.4. The van der Waals surface area contributed by atoms with Gasteiger partial charge in [0.2, 0.25) is 5.75 Å². The summed E-state index contributed by atoms with van der Waals surface area (Å²) in [6.45, 7) is 0. The summed E-state index contributed by atoms with van der Waals surface area (Å²) in [5.41, 5.74) is 4.70. The van der Waals surface area contributed by atoms with Crippen molar-refractivity contribution in [1.29, 1.82) is 0 Å². The minimum absolute atomic E-state index is 0.178. The number of benzene rings is 2. The molecule has 0 spiro atoms. The maximum atomic E-state index is 13.6. The van der Waals surface area contributed by atoms with Crippen LogP contribution in [0.25, 0.3) is 0 Å². The van der Waals surface area contributed by atoms with E-state index >= 15 is 0 Å². The summed E-state index contributed by atoms with van der Waals surface area (Å²) < 4.78 is 29.2. The van der Waals surface area contributed by atoms with E-state index in [4.69, 9.17) is 26.4 Å². The fraction of sp³-hybridized carbons (Fsp3) is 0.167. The fourth-order valence-electron chi connectivity index (χ4n) is 2.24. The van der Waals surface area contributed by atoms with E-state index in [1.54, 1.807) is 0 Å². The summed E-state index contributed by atoms with van der Waals surface area (Å²) in [6.07, 6.45) is 0. The molecule has 0 aliphatic heterocycles. The molecule has 0 unspecified atom stereocenters. The second kappa shape index (κ2) is 9.51. The number of methoxy groups -OCH3 is 3. The number of nitrogens with one attached hydrogen (secondary N) is 3. The molecule has 2 rings (SSSR count). The van der Waals surface area contributed by atoms with Crippen LogP contribution in [0.3, 0.4) is 0 Å². The van der Waals surface area contributed by atoms with Gasteiger partial charge < -0.3 is 14.2 Å². The Bertz CT molecular complexity index is 882. The first kappa shape index (κ1) is 20.9. The molecule has 2 aromatic rings. The number of halogens is 1. The number of carbonyl (C=O) groups excluding carboxylic acids is 2. The number of hydrazine groups is 1. The Morgan fingerprint density at radius 2 is 1.54 bits per heavy atom. The van der Waals surface area contributed by atoms with Gasteiger partial charge in [-0.2, -0.15) is 0 Å². The van der Waals surface area contributed by atoms with Crippen LogP contribution in [-0.4, -0.2) is 38.3 Å². The third kappa shape index (κ3) is 4.86. The topological polar surface area (TPSA) is 97.9 Å². The molecule has 0 saturated heterocycles. The quantitative estimate of drug-likeness (QED) is 0.514. The summed E-state index contributed by atoms with van der Waals surface area (Å²) in [5.74, 6) is -1.10. The third-order valence-corrected chi connectivity index (χ3v) is 3.77. The van der Waals surface area contributed by atoms with Crippen LogP contribution in [-0.2, 0) is 0 Å². The Kier molecular flexibility index (Phi) is 7.10. The summed E-state index contributed by atoms with van der Waals surface area (Å²) >= 11 is 4.93. The number of rotatable bonds is 5. The lowest BCUT2D eigenvalue weighted by molar-refractivity contribution is 0.0933. The van der Waals surface area contributed by atoms with Crippen LogP contribution >= 0.6 is 12.2 Å². The second-order valence-electron chi connectivity index (χ2n) is 5.26. The van der Waals surface area contributed by atoms with Gasteiger partial charge in [-0.25, -0.2) is 4.39 Å². The highest BCUT2D eigenvalue weighted by Crippen LogP contribution is 2.38. The van der Waals surface area contributed by atoms with Crippen LogP contribution in [0, 0.1) is 5.82 Å².